The van der Waals surface area contributed by atoms with E-state index in [1.807, 2.05) is 6.92 Å². The van der Waals surface area contributed by atoms with Gasteiger partial charge in [0.15, 0.2) is 0 Å². The Labute approximate surface area is 93.0 Å². The van der Waals surface area contributed by atoms with E-state index in [9.17, 15) is 4.79 Å². The van der Waals surface area contributed by atoms with Crippen LogP contribution in [0.4, 0.5) is 4.79 Å². The molecular formula is C12H24N2O. The summed E-state index contributed by atoms with van der Waals surface area (Å²) in [4.78, 5) is 11.6. The molecule has 88 valence electrons. The smallest absolute Gasteiger partial charge is 0.315 e. The van der Waals surface area contributed by atoms with Crippen molar-refractivity contribution in [2.75, 3.05) is 0 Å². The molecule has 3 heteroatoms. The minimum absolute atomic E-state index is 0.00287. The average Bonchev–Trinajstić information content (AvgIpc) is 2.18. The van der Waals surface area contributed by atoms with Crippen molar-refractivity contribution in [3.8, 4) is 0 Å². The van der Waals surface area contributed by atoms with Crippen molar-refractivity contribution in [3.05, 3.63) is 0 Å². The van der Waals surface area contributed by atoms with E-state index in [2.05, 4.69) is 24.5 Å². The molecule has 0 bridgehead atoms. The summed E-state index contributed by atoms with van der Waals surface area (Å²) in [6, 6.07) is 0.648. The molecule has 0 unspecified atom stereocenters. The van der Waals surface area contributed by atoms with Gasteiger partial charge in [0.1, 0.15) is 0 Å². The predicted molar refractivity (Wildman–Crippen MR) is 62.8 cm³/mol. The van der Waals surface area contributed by atoms with Crippen molar-refractivity contribution >= 4 is 6.03 Å². The van der Waals surface area contributed by atoms with Crippen LogP contribution in [0.15, 0.2) is 0 Å². The molecule has 0 spiro atoms. The lowest BCUT2D eigenvalue weighted by molar-refractivity contribution is 0.226. The number of nitrogens with one attached hydrogen (secondary N) is 2. The Morgan fingerprint density at radius 3 is 2.27 bits per heavy atom. The maximum absolute atomic E-state index is 11.6. The standard InChI is InChI=1S/C12H24N2O/c1-9(2)10(3)13-12(15)14-11-7-5-4-6-8-11/h9-11H,4-8H2,1-3H3,(H2,13,14,15)/t10-/m1/s1. The SMILES string of the molecule is CC(C)[C@@H](C)NC(=O)NC1CCCCC1. The van der Waals surface area contributed by atoms with Crippen LogP contribution in [-0.4, -0.2) is 18.1 Å². The minimum Gasteiger partial charge on any atom is -0.335 e. The summed E-state index contributed by atoms with van der Waals surface area (Å²) in [5.74, 6) is 0.488. The highest BCUT2D eigenvalue weighted by Crippen LogP contribution is 2.17. The van der Waals surface area contributed by atoms with Gasteiger partial charge in [-0.25, -0.2) is 4.79 Å². The summed E-state index contributed by atoms with van der Waals surface area (Å²) in [5, 5.41) is 6.03. The molecule has 0 aromatic carbocycles. The Balaban J connectivity index is 2.22. The Morgan fingerprint density at radius 2 is 1.73 bits per heavy atom. The number of carbonyl (C=O) groups excluding carboxylic acids is 1. The fraction of sp³-hybridized carbons (Fsp3) is 0.917. The molecule has 2 amide bonds. The minimum atomic E-state index is 0.00287. The lowest BCUT2D eigenvalue weighted by atomic mass is 9.96. The Bertz CT molecular complexity index is 198. The molecule has 1 saturated carbocycles. The predicted octanol–water partition coefficient (Wildman–Crippen LogP) is 2.66. The molecule has 2 N–H and O–H groups in total. The molecule has 0 radical (unpaired) electrons. The molecule has 1 aliphatic rings. The quantitative estimate of drug-likeness (QED) is 0.742. The highest BCUT2D eigenvalue weighted by atomic mass is 16.2. The average molecular weight is 212 g/mol. The molecule has 0 heterocycles. The second-order valence-corrected chi connectivity index (χ2v) is 4.99. The van der Waals surface area contributed by atoms with Crippen LogP contribution in [0.25, 0.3) is 0 Å². The Morgan fingerprint density at radius 1 is 1.13 bits per heavy atom. The number of hydrogen-bond donors (Lipinski definition) is 2. The first-order valence-electron chi connectivity index (χ1n) is 6.16. The highest BCUT2D eigenvalue weighted by Gasteiger charge is 2.17. The molecule has 1 atom stereocenters. The summed E-state index contributed by atoms with van der Waals surface area (Å²) >= 11 is 0. The van der Waals surface area contributed by atoms with Gasteiger partial charge in [0.25, 0.3) is 0 Å². The Kier molecular flexibility index (Phi) is 4.92. The van der Waals surface area contributed by atoms with Gasteiger partial charge in [-0.15, -0.1) is 0 Å². The molecular weight excluding hydrogens is 188 g/mol. The lowest BCUT2D eigenvalue weighted by Gasteiger charge is -2.25. The van der Waals surface area contributed by atoms with Gasteiger partial charge in [-0.1, -0.05) is 33.1 Å². The fourth-order valence-corrected chi connectivity index (χ4v) is 1.85. The number of urea groups is 1. The molecule has 0 aliphatic heterocycles. The molecule has 0 saturated heterocycles. The van der Waals surface area contributed by atoms with Crippen molar-refractivity contribution in [2.45, 2.75) is 65.0 Å². The number of carbonyl (C=O) groups is 1. The van der Waals surface area contributed by atoms with Crippen LogP contribution in [0.1, 0.15) is 52.9 Å². The normalized spacial score (nSPS) is 20.0. The molecule has 0 aromatic rings. The van der Waals surface area contributed by atoms with Crippen LogP contribution in [0, 0.1) is 5.92 Å². The van der Waals surface area contributed by atoms with Crippen LogP contribution in [0.2, 0.25) is 0 Å². The van der Waals surface area contributed by atoms with Crippen LogP contribution < -0.4 is 10.6 Å². The first-order chi connectivity index (χ1) is 7.09. The zero-order valence-corrected chi connectivity index (χ0v) is 10.2. The van der Waals surface area contributed by atoms with Crippen LogP contribution >= 0.6 is 0 Å². The summed E-state index contributed by atoms with van der Waals surface area (Å²) in [6.07, 6.45) is 6.12. The van der Waals surface area contributed by atoms with Gasteiger partial charge < -0.3 is 10.6 Å². The van der Waals surface area contributed by atoms with E-state index in [0.717, 1.165) is 12.8 Å². The second-order valence-electron chi connectivity index (χ2n) is 4.99. The topological polar surface area (TPSA) is 41.1 Å². The van der Waals surface area contributed by atoms with Gasteiger partial charge in [-0.2, -0.15) is 0 Å². The van der Waals surface area contributed by atoms with Gasteiger partial charge in [0.2, 0.25) is 0 Å². The number of amides is 2. The van der Waals surface area contributed by atoms with E-state index >= 15 is 0 Å². The number of rotatable bonds is 3. The van der Waals surface area contributed by atoms with Gasteiger partial charge >= 0.3 is 6.03 Å². The highest BCUT2D eigenvalue weighted by molar-refractivity contribution is 5.74. The molecule has 1 fully saturated rings. The third-order valence-electron chi connectivity index (χ3n) is 3.30. The van der Waals surface area contributed by atoms with Crippen molar-refractivity contribution < 1.29 is 4.79 Å². The zero-order valence-electron chi connectivity index (χ0n) is 10.2. The monoisotopic (exact) mass is 212 g/mol. The lowest BCUT2D eigenvalue weighted by Crippen LogP contribution is -2.47. The van der Waals surface area contributed by atoms with Crippen molar-refractivity contribution in [3.63, 3.8) is 0 Å². The van der Waals surface area contributed by atoms with Crippen molar-refractivity contribution in [1.82, 2.24) is 10.6 Å². The maximum Gasteiger partial charge on any atom is 0.315 e. The molecule has 15 heavy (non-hydrogen) atoms. The summed E-state index contributed by atoms with van der Waals surface area (Å²) in [6.45, 7) is 6.28. The van der Waals surface area contributed by atoms with Gasteiger partial charge in [-0.05, 0) is 25.7 Å². The van der Waals surface area contributed by atoms with Crippen LogP contribution in [0.3, 0.4) is 0 Å². The van der Waals surface area contributed by atoms with E-state index < -0.39 is 0 Å². The molecule has 1 rings (SSSR count). The van der Waals surface area contributed by atoms with E-state index in [-0.39, 0.29) is 12.1 Å². The van der Waals surface area contributed by atoms with E-state index in [4.69, 9.17) is 0 Å². The zero-order chi connectivity index (χ0) is 11.3. The first kappa shape index (κ1) is 12.3. The van der Waals surface area contributed by atoms with Crippen molar-refractivity contribution in [1.29, 1.82) is 0 Å². The van der Waals surface area contributed by atoms with E-state index in [1.165, 1.54) is 19.3 Å². The summed E-state index contributed by atoms with van der Waals surface area (Å²) in [7, 11) is 0. The summed E-state index contributed by atoms with van der Waals surface area (Å²) < 4.78 is 0. The van der Waals surface area contributed by atoms with Crippen molar-refractivity contribution in [2.24, 2.45) is 5.92 Å². The molecule has 3 nitrogen and oxygen atoms in total. The van der Waals surface area contributed by atoms with Crippen LogP contribution in [-0.2, 0) is 0 Å². The summed E-state index contributed by atoms with van der Waals surface area (Å²) in [5.41, 5.74) is 0. The van der Waals surface area contributed by atoms with Crippen LogP contribution in [0.5, 0.6) is 0 Å². The largest absolute Gasteiger partial charge is 0.335 e. The third kappa shape index (κ3) is 4.54. The van der Waals surface area contributed by atoms with E-state index in [1.54, 1.807) is 0 Å². The van der Waals surface area contributed by atoms with Gasteiger partial charge in [-0.3, -0.25) is 0 Å². The fourth-order valence-electron chi connectivity index (χ4n) is 1.85. The van der Waals surface area contributed by atoms with Gasteiger partial charge in [0, 0.05) is 12.1 Å². The third-order valence-corrected chi connectivity index (χ3v) is 3.30. The Hall–Kier alpha value is -0.730. The van der Waals surface area contributed by atoms with E-state index in [0.29, 0.717) is 12.0 Å². The second kappa shape index (κ2) is 5.99. The van der Waals surface area contributed by atoms with Gasteiger partial charge in [0.05, 0.1) is 0 Å². The molecule has 0 aromatic heterocycles. The first-order valence-corrected chi connectivity index (χ1v) is 6.16. The maximum atomic E-state index is 11.6. The molecule has 1 aliphatic carbocycles. The number of hydrogen-bond acceptors (Lipinski definition) is 1.